The Bertz CT molecular complexity index is 1110. The lowest BCUT2D eigenvalue weighted by atomic mass is 9.82. The minimum Gasteiger partial charge on any atom is -0.487 e. The second-order valence-electron chi connectivity index (χ2n) is 9.74. The molecule has 4 nitrogen and oxygen atoms in total. The monoisotopic (exact) mass is 513 g/mol. The summed E-state index contributed by atoms with van der Waals surface area (Å²) in [6.45, 7) is 4.44. The summed E-state index contributed by atoms with van der Waals surface area (Å²) in [5.74, 6) is -1.40. The van der Waals surface area contributed by atoms with Crippen molar-refractivity contribution in [2.24, 2.45) is 5.92 Å². The number of benzene rings is 2. The van der Waals surface area contributed by atoms with E-state index < -0.39 is 46.1 Å². The normalized spacial score (nSPS) is 19.6. The number of alkyl halides is 3. The van der Waals surface area contributed by atoms with Gasteiger partial charge in [-0.1, -0.05) is 30.7 Å². The Hall–Kier alpha value is -2.32. The van der Waals surface area contributed by atoms with Crippen molar-refractivity contribution in [3.8, 4) is 5.75 Å². The first-order chi connectivity index (χ1) is 16.4. The van der Waals surface area contributed by atoms with Crippen molar-refractivity contribution in [1.82, 2.24) is 4.90 Å². The van der Waals surface area contributed by atoms with Crippen LogP contribution >= 0.6 is 11.6 Å². The molecule has 190 valence electrons. The smallest absolute Gasteiger partial charge is 0.416 e. The van der Waals surface area contributed by atoms with Gasteiger partial charge >= 0.3 is 12.1 Å². The van der Waals surface area contributed by atoms with E-state index in [2.05, 4.69) is 0 Å². The van der Waals surface area contributed by atoms with E-state index in [4.69, 9.17) is 16.3 Å². The highest BCUT2D eigenvalue weighted by Gasteiger charge is 2.41. The van der Waals surface area contributed by atoms with Crippen molar-refractivity contribution in [2.75, 3.05) is 13.1 Å². The molecule has 0 aliphatic carbocycles. The van der Waals surface area contributed by atoms with Crippen LogP contribution in [0.4, 0.5) is 17.6 Å². The quantitative estimate of drug-likeness (QED) is 0.453. The number of carboxylic acid groups (broad SMARTS) is 1. The average molecular weight is 514 g/mol. The zero-order valence-corrected chi connectivity index (χ0v) is 20.3. The minimum atomic E-state index is -4.61. The number of piperidine rings is 1. The van der Waals surface area contributed by atoms with E-state index in [1.54, 1.807) is 13.8 Å². The van der Waals surface area contributed by atoms with Gasteiger partial charge in [-0.05, 0) is 68.4 Å². The number of halogens is 5. The van der Waals surface area contributed by atoms with E-state index in [9.17, 15) is 27.5 Å². The lowest BCUT2D eigenvalue weighted by Crippen LogP contribution is -2.50. The topological polar surface area (TPSA) is 49.8 Å². The fourth-order valence-electron chi connectivity index (χ4n) is 5.06. The van der Waals surface area contributed by atoms with Crippen molar-refractivity contribution in [3.63, 3.8) is 0 Å². The van der Waals surface area contributed by atoms with E-state index in [0.29, 0.717) is 38.4 Å². The van der Waals surface area contributed by atoms with Gasteiger partial charge in [-0.15, -0.1) is 0 Å². The number of fused-ring (bicyclic) bond motifs is 1. The van der Waals surface area contributed by atoms with Gasteiger partial charge in [0.05, 0.1) is 16.5 Å². The van der Waals surface area contributed by atoms with Crippen LogP contribution in [0.5, 0.6) is 5.75 Å². The number of ether oxygens (including phenoxy) is 1. The standard InChI is InChI=1S/C26H28ClF4NO3/c1-15(24(33)34)11-17-3-4-18-5-6-25(35-22(18)12-17)7-9-32(10-8-25)16(2)20-13-19(26(29,30)31)14-21(27)23(20)28/h3-4,12-16H,5-11H2,1-2H3,(H,33,34)/t15-,16?/m0/s1. The fourth-order valence-corrected chi connectivity index (χ4v) is 5.29. The summed E-state index contributed by atoms with van der Waals surface area (Å²) >= 11 is 5.79. The van der Waals surface area contributed by atoms with Crippen LogP contribution in [0.2, 0.25) is 5.02 Å². The molecule has 35 heavy (non-hydrogen) atoms. The predicted molar refractivity (Wildman–Crippen MR) is 124 cm³/mol. The third-order valence-corrected chi connectivity index (χ3v) is 7.64. The Balaban J connectivity index is 1.47. The largest absolute Gasteiger partial charge is 0.487 e. The lowest BCUT2D eigenvalue weighted by molar-refractivity contribution is -0.141. The molecule has 0 aromatic heterocycles. The van der Waals surface area contributed by atoms with E-state index in [0.717, 1.165) is 35.8 Å². The van der Waals surface area contributed by atoms with Gasteiger partial charge in [0, 0.05) is 24.7 Å². The molecule has 0 radical (unpaired) electrons. The van der Waals surface area contributed by atoms with Crippen LogP contribution in [0.3, 0.4) is 0 Å². The number of hydrogen-bond donors (Lipinski definition) is 1. The van der Waals surface area contributed by atoms with Crippen molar-refractivity contribution in [1.29, 1.82) is 0 Å². The number of aryl methyl sites for hydroxylation is 1. The van der Waals surface area contributed by atoms with Crippen LogP contribution in [0.25, 0.3) is 0 Å². The second-order valence-corrected chi connectivity index (χ2v) is 10.1. The number of aliphatic carboxylic acids is 1. The first kappa shape index (κ1) is 25.8. The van der Waals surface area contributed by atoms with Crippen molar-refractivity contribution >= 4 is 17.6 Å². The first-order valence-electron chi connectivity index (χ1n) is 11.7. The first-order valence-corrected chi connectivity index (χ1v) is 12.1. The molecule has 2 aliphatic heterocycles. The third-order valence-electron chi connectivity index (χ3n) is 7.36. The maximum Gasteiger partial charge on any atom is 0.416 e. The highest BCUT2D eigenvalue weighted by Crippen LogP contribution is 2.42. The molecule has 0 bridgehead atoms. The van der Waals surface area contributed by atoms with Crippen LogP contribution in [0.1, 0.15) is 61.4 Å². The predicted octanol–water partition coefficient (Wildman–Crippen LogP) is 6.68. The Morgan fingerprint density at radius 1 is 1.17 bits per heavy atom. The molecule has 0 amide bonds. The third kappa shape index (κ3) is 5.43. The van der Waals surface area contributed by atoms with Gasteiger partial charge in [0.2, 0.25) is 0 Å². The minimum absolute atomic E-state index is 0.0622. The Morgan fingerprint density at radius 3 is 2.49 bits per heavy atom. The highest BCUT2D eigenvalue weighted by atomic mass is 35.5. The molecule has 0 saturated carbocycles. The number of likely N-dealkylation sites (tertiary alicyclic amines) is 1. The summed E-state index contributed by atoms with van der Waals surface area (Å²) in [7, 11) is 0. The van der Waals surface area contributed by atoms with Gasteiger partial charge in [0.25, 0.3) is 0 Å². The lowest BCUT2D eigenvalue weighted by Gasteiger charge is -2.46. The molecule has 2 heterocycles. The molecule has 1 spiro atoms. The molecule has 2 aromatic carbocycles. The Morgan fingerprint density at radius 2 is 1.86 bits per heavy atom. The molecule has 1 saturated heterocycles. The summed E-state index contributed by atoms with van der Waals surface area (Å²) in [6, 6.07) is 6.75. The molecule has 9 heteroatoms. The van der Waals surface area contributed by atoms with Crippen molar-refractivity contribution in [2.45, 2.75) is 63.8 Å². The van der Waals surface area contributed by atoms with Crippen molar-refractivity contribution < 1.29 is 32.2 Å². The Labute approximate surface area is 206 Å². The van der Waals surface area contributed by atoms with Crippen LogP contribution in [-0.4, -0.2) is 34.7 Å². The SMILES string of the molecule is CC(c1cc(C(F)(F)F)cc(Cl)c1F)N1CCC2(CCc3ccc(C[C@H](C)C(=O)O)cc3O2)CC1. The number of nitrogens with zero attached hydrogens (tertiary/aromatic N) is 1. The van der Waals surface area contributed by atoms with Gasteiger partial charge in [0.15, 0.2) is 0 Å². The van der Waals surface area contributed by atoms with E-state index in [-0.39, 0.29) is 5.56 Å². The van der Waals surface area contributed by atoms with E-state index in [1.807, 2.05) is 23.1 Å². The fraction of sp³-hybridized carbons (Fsp3) is 0.500. The summed E-state index contributed by atoms with van der Waals surface area (Å²) in [4.78, 5) is 13.2. The molecule has 1 unspecified atom stereocenters. The van der Waals surface area contributed by atoms with Crippen LogP contribution < -0.4 is 4.74 Å². The number of hydrogen-bond acceptors (Lipinski definition) is 3. The zero-order chi connectivity index (χ0) is 25.5. The molecule has 2 aromatic rings. The van der Waals surface area contributed by atoms with E-state index >= 15 is 0 Å². The van der Waals surface area contributed by atoms with Crippen LogP contribution in [0.15, 0.2) is 30.3 Å². The summed E-state index contributed by atoms with van der Waals surface area (Å²) in [5, 5.41) is 8.67. The average Bonchev–Trinajstić information content (AvgIpc) is 2.80. The van der Waals surface area contributed by atoms with Gasteiger partial charge in [-0.2, -0.15) is 13.2 Å². The van der Waals surface area contributed by atoms with Gasteiger partial charge in [0.1, 0.15) is 17.2 Å². The van der Waals surface area contributed by atoms with E-state index in [1.165, 1.54) is 0 Å². The zero-order valence-electron chi connectivity index (χ0n) is 19.6. The van der Waals surface area contributed by atoms with Crippen molar-refractivity contribution in [3.05, 3.63) is 63.4 Å². The molecule has 4 rings (SSSR count). The summed E-state index contributed by atoms with van der Waals surface area (Å²) in [5.41, 5.74) is 0.564. The molecule has 1 fully saturated rings. The van der Waals surface area contributed by atoms with Gasteiger partial charge in [-0.25, -0.2) is 4.39 Å². The van der Waals surface area contributed by atoms with Gasteiger partial charge < -0.3 is 9.84 Å². The van der Waals surface area contributed by atoms with Crippen LogP contribution in [0, 0.1) is 11.7 Å². The maximum absolute atomic E-state index is 14.7. The highest BCUT2D eigenvalue weighted by molar-refractivity contribution is 6.30. The number of carboxylic acids is 1. The van der Waals surface area contributed by atoms with Gasteiger partial charge in [-0.3, -0.25) is 9.69 Å². The maximum atomic E-state index is 14.7. The van der Waals surface area contributed by atoms with Crippen LogP contribution in [-0.2, 0) is 23.8 Å². The summed E-state index contributed by atoms with van der Waals surface area (Å²) < 4.78 is 60.9. The molecule has 2 aliphatic rings. The molecular weight excluding hydrogens is 486 g/mol. The Kier molecular flexibility index (Phi) is 7.08. The summed E-state index contributed by atoms with van der Waals surface area (Å²) in [6.07, 6.45) is -1.24. The molecule has 2 atom stereocenters. The second kappa shape index (κ2) is 9.62. The number of carbonyl (C=O) groups is 1. The number of rotatable bonds is 5. The molecular formula is C26H28ClF4NO3. The molecule has 1 N–H and O–H groups in total.